The van der Waals surface area contributed by atoms with Gasteiger partial charge in [0.05, 0.1) is 25.9 Å². The topological polar surface area (TPSA) is 68.5 Å². The molecule has 0 bridgehead atoms. The third kappa shape index (κ3) is 2.98. The number of hydrogen-bond acceptors (Lipinski definition) is 5. The van der Waals surface area contributed by atoms with E-state index in [1.54, 1.807) is 6.07 Å². The molecule has 4 rings (SSSR count). The van der Waals surface area contributed by atoms with Crippen LogP contribution in [0.25, 0.3) is 11.1 Å². The molecule has 2 aliphatic rings. The van der Waals surface area contributed by atoms with Gasteiger partial charge in [0.25, 0.3) is 0 Å². The lowest BCUT2D eigenvalue weighted by molar-refractivity contribution is -0.0815. The molecule has 1 fully saturated rings. The van der Waals surface area contributed by atoms with Crippen molar-refractivity contribution in [2.45, 2.75) is 18.4 Å². The van der Waals surface area contributed by atoms with Gasteiger partial charge in [-0.2, -0.15) is 5.26 Å². The molecule has 0 radical (unpaired) electrons. The van der Waals surface area contributed by atoms with E-state index in [4.69, 9.17) is 14.2 Å². The Bertz CT molecular complexity index is 878. The number of benzene rings is 2. The van der Waals surface area contributed by atoms with E-state index in [9.17, 15) is 10.1 Å². The second kappa shape index (κ2) is 6.91. The highest BCUT2D eigenvalue weighted by Gasteiger charge is 2.33. The van der Waals surface area contributed by atoms with E-state index in [0.29, 0.717) is 50.6 Å². The van der Waals surface area contributed by atoms with Crippen LogP contribution in [0.4, 0.5) is 0 Å². The molecule has 0 aromatic heterocycles. The minimum atomic E-state index is -0.767. The Balaban J connectivity index is 1.39. The first-order chi connectivity index (χ1) is 12.7. The van der Waals surface area contributed by atoms with Crippen LogP contribution in [0.5, 0.6) is 5.75 Å². The van der Waals surface area contributed by atoms with Crippen molar-refractivity contribution in [3.8, 4) is 22.9 Å². The number of ether oxygens (including phenoxy) is 3. The molecule has 1 aliphatic carbocycles. The molecule has 0 unspecified atom stereocenters. The Morgan fingerprint density at radius 2 is 1.73 bits per heavy atom. The summed E-state index contributed by atoms with van der Waals surface area (Å²) in [7, 11) is 0. The molecule has 0 N–H and O–H groups in total. The lowest BCUT2D eigenvalue weighted by Crippen LogP contribution is -2.38. The Morgan fingerprint density at radius 1 is 1.00 bits per heavy atom. The third-order valence-corrected chi connectivity index (χ3v) is 4.93. The minimum absolute atomic E-state index is 0.0305. The molecule has 26 heavy (non-hydrogen) atoms. The summed E-state index contributed by atoms with van der Waals surface area (Å²) >= 11 is 0. The summed E-state index contributed by atoms with van der Waals surface area (Å²) in [5.74, 6) is 0.662. The molecule has 1 aliphatic heterocycles. The van der Waals surface area contributed by atoms with Crippen molar-refractivity contribution < 1.29 is 19.0 Å². The summed E-state index contributed by atoms with van der Waals surface area (Å²) in [6, 6.07) is 15.5. The van der Waals surface area contributed by atoms with Crippen molar-refractivity contribution in [3.63, 3.8) is 0 Å². The van der Waals surface area contributed by atoms with Crippen molar-refractivity contribution in [1.82, 2.24) is 0 Å². The van der Waals surface area contributed by atoms with Crippen molar-refractivity contribution in [3.05, 3.63) is 53.6 Å². The predicted octanol–water partition coefficient (Wildman–Crippen LogP) is 3.37. The van der Waals surface area contributed by atoms with E-state index in [-0.39, 0.29) is 5.78 Å². The van der Waals surface area contributed by atoms with Gasteiger partial charge in [-0.05, 0) is 29.3 Å². The summed E-state index contributed by atoms with van der Waals surface area (Å²) < 4.78 is 16.8. The van der Waals surface area contributed by atoms with Gasteiger partial charge in [0, 0.05) is 24.0 Å². The third-order valence-electron chi connectivity index (χ3n) is 4.93. The maximum Gasteiger partial charge on any atom is 0.194 e. The minimum Gasteiger partial charge on any atom is -0.491 e. The van der Waals surface area contributed by atoms with Gasteiger partial charge in [0.15, 0.2) is 11.4 Å². The first kappa shape index (κ1) is 16.8. The maximum atomic E-state index is 12.5. The van der Waals surface area contributed by atoms with Gasteiger partial charge in [0.1, 0.15) is 12.4 Å². The molecular formula is C21H19NO4. The van der Waals surface area contributed by atoms with E-state index >= 15 is 0 Å². The smallest absolute Gasteiger partial charge is 0.194 e. The number of carbonyl (C=O) groups excluding carboxylic acids is 1. The van der Waals surface area contributed by atoms with Crippen molar-refractivity contribution in [1.29, 1.82) is 5.26 Å². The van der Waals surface area contributed by atoms with E-state index in [0.717, 1.165) is 16.7 Å². The molecule has 0 spiro atoms. The average molecular weight is 349 g/mol. The molecule has 5 heteroatoms. The van der Waals surface area contributed by atoms with Gasteiger partial charge in [-0.1, -0.05) is 24.3 Å². The number of carbonyl (C=O) groups is 1. The monoisotopic (exact) mass is 349 g/mol. The fourth-order valence-electron chi connectivity index (χ4n) is 3.48. The number of rotatable bonds is 5. The molecule has 1 heterocycles. The van der Waals surface area contributed by atoms with Gasteiger partial charge in [-0.3, -0.25) is 4.79 Å². The highest BCUT2D eigenvalue weighted by atomic mass is 16.5. The first-order valence-corrected chi connectivity index (χ1v) is 8.76. The fraction of sp³-hybridized carbons (Fsp3) is 0.333. The Hall–Kier alpha value is -2.68. The predicted molar refractivity (Wildman–Crippen MR) is 95.2 cm³/mol. The quantitative estimate of drug-likeness (QED) is 0.661. The van der Waals surface area contributed by atoms with Crippen molar-refractivity contribution in [2.75, 3.05) is 26.4 Å². The molecule has 5 nitrogen and oxygen atoms in total. The van der Waals surface area contributed by atoms with Crippen molar-refractivity contribution >= 4 is 5.78 Å². The van der Waals surface area contributed by atoms with Crippen LogP contribution in [0.15, 0.2) is 42.5 Å². The standard InChI is InChI=1S/C21H19NO4/c22-14-21(7-9-24-10-8-21)26-12-11-25-15-5-6-17-16-3-1-2-4-18(16)20(23)19(17)13-15/h1-6,13H,7-12H2. The zero-order chi connectivity index (χ0) is 18.0. The summed E-state index contributed by atoms with van der Waals surface area (Å²) in [5, 5.41) is 9.37. The van der Waals surface area contributed by atoms with E-state index in [1.807, 2.05) is 36.4 Å². The Kier molecular flexibility index (Phi) is 4.46. The molecule has 1 saturated heterocycles. The van der Waals surface area contributed by atoms with Crippen LogP contribution in [0.3, 0.4) is 0 Å². The second-order valence-corrected chi connectivity index (χ2v) is 6.50. The molecule has 2 aromatic carbocycles. The van der Waals surface area contributed by atoms with Gasteiger partial charge >= 0.3 is 0 Å². The largest absolute Gasteiger partial charge is 0.491 e. The SMILES string of the molecule is N#CC1(OCCOc2ccc3c(c2)C(=O)c2ccccc2-3)CCOCC1. The van der Waals surface area contributed by atoms with Crippen molar-refractivity contribution in [2.24, 2.45) is 0 Å². The van der Waals surface area contributed by atoms with Gasteiger partial charge in [-0.15, -0.1) is 0 Å². The Labute approximate surface area is 152 Å². The molecular weight excluding hydrogens is 330 g/mol. The highest BCUT2D eigenvalue weighted by molar-refractivity contribution is 6.21. The number of hydrogen-bond donors (Lipinski definition) is 0. The van der Waals surface area contributed by atoms with Crippen LogP contribution >= 0.6 is 0 Å². The lowest BCUT2D eigenvalue weighted by Gasteiger charge is -2.30. The fourth-order valence-corrected chi connectivity index (χ4v) is 3.48. The summed E-state index contributed by atoms with van der Waals surface area (Å²) in [4.78, 5) is 12.5. The summed E-state index contributed by atoms with van der Waals surface area (Å²) in [6.07, 6.45) is 1.16. The first-order valence-electron chi connectivity index (χ1n) is 8.76. The molecule has 2 aromatic rings. The van der Waals surface area contributed by atoms with Crippen LogP contribution in [0.2, 0.25) is 0 Å². The summed E-state index contributed by atoms with van der Waals surface area (Å²) in [6.45, 7) is 1.73. The second-order valence-electron chi connectivity index (χ2n) is 6.50. The molecule has 132 valence electrons. The van der Waals surface area contributed by atoms with Crippen LogP contribution in [-0.4, -0.2) is 37.8 Å². The number of fused-ring (bicyclic) bond motifs is 3. The van der Waals surface area contributed by atoms with Gasteiger partial charge in [0.2, 0.25) is 0 Å². The average Bonchev–Trinajstić information content (AvgIpc) is 2.98. The van der Waals surface area contributed by atoms with E-state index < -0.39 is 5.60 Å². The van der Waals surface area contributed by atoms with Gasteiger partial charge < -0.3 is 14.2 Å². The van der Waals surface area contributed by atoms with Crippen LogP contribution in [0.1, 0.15) is 28.8 Å². The number of nitriles is 1. The zero-order valence-electron chi connectivity index (χ0n) is 14.4. The maximum absolute atomic E-state index is 12.5. The molecule has 0 atom stereocenters. The normalized spacial score (nSPS) is 17.3. The molecule has 0 amide bonds. The zero-order valence-corrected chi connectivity index (χ0v) is 14.4. The van der Waals surface area contributed by atoms with Crippen LogP contribution in [0, 0.1) is 11.3 Å². The number of nitrogens with zero attached hydrogens (tertiary/aromatic N) is 1. The lowest BCUT2D eigenvalue weighted by atomic mass is 9.96. The summed E-state index contributed by atoms with van der Waals surface area (Å²) in [5.41, 5.74) is 2.55. The molecule has 0 saturated carbocycles. The van der Waals surface area contributed by atoms with E-state index in [1.165, 1.54) is 0 Å². The van der Waals surface area contributed by atoms with Gasteiger partial charge in [-0.25, -0.2) is 0 Å². The highest BCUT2D eigenvalue weighted by Crippen LogP contribution is 2.38. The van der Waals surface area contributed by atoms with Crippen LogP contribution in [-0.2, 0) is 9.47 Å². The Morgan fingerprint density at radius 3 is 2.50 bits per heavy atom. The van der Waals surface area contributed by atoms with E-state index in [2.05, 4.69) is 6.07 Å². The van der Waals surface area contributed by atoms with Crippen LogP contribution < -0.4 is 4.74 Å². The number of ketones is 1.